The minimum atomic E-state index is 0.263. The lowest BCUT2D eigenvalue weighted by Crippen LogP contribution is -2.26. The predicted molar refractivity (Wildman–Crippen MR) is 36.1 cm³/mol. The number of nitrogens with two attached hydrogens (primary N) is 1. The van der Waals surface area contributed by atoms with E-state index in [4.69, 9.17) is 5.73 Å². The minimum absolute atomic E-state index is 0.263. The molecule has 0 heterocycles. The number of rotatable bonds is 1. The molecule has 10 heavy (non-hydrogen) atoms. The maximum absolute atomic E-state index is 11.2. The number of hydrogen-bond acceptors (Lipinski definition) is 3. The summed E-state index contributed by atoms with van der Waals surface area (Å²) in [6.07, 6.45) is 3.32. The van der Waals surface area contributed by atoms with Gasteiger partial charge in [-0.2, -0.15) is 5.04 Å². The lowest BCUT2D eigenvalue weighted by Gasteiger charge is -2.17. The molecule has 3 nitrogen and oxygen atoms in total. The normalized spacial score (nSPS) is 26.2. The van der Waals surface area contributed by atoms with E-state index >= 15 is 0 Å². The molecule has 0 radical (unpaired) electrons. The molecule has 0 aliphatic heterocycles. The van der Waals surface area contributed by atoms with Gasteiger partial charge in [0.2, 0.25) is 0 Å². The first kappa shape index (κ1) is 7.47. The van der Waals surface area contributed by atoms with Crippen molar-refractivity contribution >= 4 is 5.71 Å². The molecule has 0 bridgehead atoms. The van der Waals surface area contributed by atoms with Gasteiger partial charge < -0.3 is 5.73 Å². The summed E-state index contributed by atoms with van der Waals surface area (Å²) in [5.74, 6) is 0. The molecule has 0 atom stereocenters. The summed E-state index contributed by atoms with van der Waals surface area (Å²) >= 11 is 0. The first-order valence-electron chi connectivity index (χ1n) is 3.42. The van der Waals surface area contributed by atoms with E-state index in [9.17, 15) is 4.53 Å². The van der Waals surface area contributed by atoms with Gasteiger partial charge in [-0.1, -0.05) is 0 Å². The van der Waals surface area contributed by atoms with E-state index in [-0.39, 0.29) is 6.04 Å². The molecule has 0 saturated heterocycles. The molecule has 0 aromatic carbocycles. The van der Waals surface area contributed by atoms with Gasteiger partial charge in [0.15, 0.2) is 0 Å². The number of hydrogen-bond donors (Lipinski definition) is 1. The van der Waals surface area contributed by atoms with Gasteiger partial charge in [0.05, 0.1) is 5.71 Å². The second-order valence-electron chi connectivity index (χ2n) is 2.56. The Labute approximate surface area is 58.9 Å². The lowest BCUT2D eigenvalue weighted by molar-refractivity contribution is -0.131. The number of halogens is 1. The van der Waals surface area contributed by atoms with E-state index < -0.39 is 0 Å². The topological polar surface area (TPSA) is 47.6 Å². The smallest absolute Gasteiger partial charge is 0.0617 e. The Hall–Kier alpha value is -0.640. The quantitative estimate of drug-likeness (QED) is 0.564. The summed E-state index contributed by atoms with van der Waals surface area (Å²) in [5, 5.41) is 6.38. The van der Waals surface area contributed by atoms with Crippen LogP contribution in [-0.2, 0) is 5.04 Å². The van der Waals surface area contributed by atoms with Crippen LogP contribution in [-0.4, -0.2) is 11.8 Å². The minimum Gasteiger partial charge on any atom is -0.328 e. The molecule has 0 amide bonds. The van der Waals surface area contributed by atoms with E-state index in [1.165, 1.54) is 0 Å². The molecule has 1 saturated carbocycles. The van der Waals surface area contributed by atoms with Crippen LogP contribution in [0, 0.1) is 0 Å². The second kappa shape index (κ2) is 3.51. The van der Waals surface area contributed by atoms with Crippen molar-refractivity contribution in [3.05, 3.63) is 0 Å². The maximum atomic E-state index is 11.2. The summed E-state index contributed by atoms with van der Waals surface area (Å²) in [4.78, 5) is 0. The molecule has 2 N–H and O–H groups in total. The third kappa shape index (κ3) is 1.95. The largest absolute Gasteiger partial charge is 0.328 e. The Morgan fingerprint density at radius 1 is 1.50 bits per heavy atom. The summed E-state index contributed by atoms with van der Waals surface area (Å²) in [7, 11) is 0. The number of oxime groups is 1. The van der Waals surface area contributed by atoms with E-state index in [2.05, 4.69) is 10.2 Å². The van der Waals surface area contributed by atoms with Crippen molar-refractivity contribution in [3.63, 3.8) is 0 Å². The molecule has 0 aromatic heterocycles. The van der Waals surface area contributed by atoms with Crippen molar-refractivity contribution < 1.29 is 9.57 Å². The fourth-order valence-electron chi connectivity index (χ4n) is 1.11. The van der Waals surface area contributed by atoms with Crippen LogP contribution < -0.4 is 5.73 Å². The highest BCUT2D eigenvalue weighted by molar-refractivity contribution is 5.84. The van der Waals surface area contributed by atoms with Gasteiger partial charge in [-0.3, -0.25) is 0 Å². The molecule has 1 aliphatic rings. The second-order valence-corrected chi connectivity index (χ2v) is 2.56. The Balaban J connectivity index is 2.32. The highest BCUT2D eigenvalue weighted by Gasteiger charge is 2.13. The third-order valence-corrected chi connectivity index (χ3v) is 1.77. The highest BCUT2D eigenvalue weighted by atomic mass is 19.3. The molecular formula is C6H11FN2O. The van der Waals surface area contributed by atoms with Crippen molar-refractivity contribution in [2.45, 2.75) is 31.7 Å². The molecule has 0 spiro atoms. The van der Waals surface area contributed by atoms with Crippen LogP contribution in [0.5, 0.6) is 0 Å². The number of nitrogens with zero attached hydrogens (tertiary/aromatic N) is 1. The van der Waals surface area contributed by atoms with E-state index in [0.29, 0.717) is 0 Å². The molecule has 58 valence electrons. The summed E-state index contributed by atoms with van der Waals surface area (Å²) in [6, 6.07) is 0.263. The average Bonchev–Trinajstić information content (AvgIpc) is 1.95. The summed E-state index contributed by atoms with van der Waals surface area (Å²) in [6.45, 7) is 0. The van der Waals surface area contributed by atoms with Gasteiger partial charge >= 0.3 is 0 Å². The Morgan fingerprint density at radius 3 is 2.60 bits per heavy atom. The van der Waals surface area contributed by atoms with Crippen molar-refractivity contribution in [1.29, 1.82) is 0 Å². The maximum Gasteiger partial charge on any atom is 0.0617 e. The lowest BCUT2D eigenvalue weighted by atomic mass is 9.95. The van der Waals surface area contributed by atoms with Gasteiger partial charge in [0, 0.05) is 10.6 Å². The van der Waals surface area contributed by atoms with Crippen molar-refractivity contribution in [3.8, 4) is 0 Å². The monoisotopic (exact) mass is 146 g/mol. The van der Waals surface area contributed by atoms with Gasteiger partial charge in [0.1, 0.15) is 0 Å². The van der Waals surface area contributed by atoms with Gasteiger partial charge in [-0.05, 0) is 30.8 Å². The molecule has 0 unspecified atom stereocenters. The van der Waals surface area contributed by atoms with Crippen LogP contribution in [0.1, 0.15) is 25.7 Å². The summed E-state index contributed by atoms with van der Waals surface area (Å²) in [5.41, 5.74) is 6.39. The molecular weight excluding hydrogens is 135 g/mol. The fraction of sp³-hybridized carbons (Fsp3) is 0.833. The van der Waals surface area contributed by atoms with Gasteiger partial charge in [-0.15, -0.1) is 0 Å². The van der Waals surface area contributed by atoms with E-state index in [1.807, 2.05) is 0 Å². The zero-order valence-electron chi connectivity index (χ0n) is 5.72. The Bertz CT molecular complexity index is 128. The molecule has 1 fully saturated rings. The molecule has 1 rings (SSSR count). The third-order valence-electron chi connectivity index (χ3n) is 1.77. The Morgan fingerprint density at radius 2 is 2.10 bits per heavy atom. The van der Waals surface area contributed by atoms with Crippen LogP contribution in [0.3, 0.4) is 0 Å². The first-order valence-corrected chi connectivity index (χ1v) is 3.42. The van der Waals surface area contributed by atoms with Crippen molar-refractivity contribution in [2.75, 3.05) is 0 Å². The van der Waals surface area contributed by atoms with Crippen LogP contribution in [0.15, 0.2) is 5.16 Å². The van der Waals surface area contributed by atoms with Crippen molar-refractivity contribution in [1.82, 2.24) is 0 Å². The average molecular weight is 146 g/mol. The van der Waals surface area contributed by atoms with E-state index in [0.717, 1.165) is 31.4 Å². The standard InChI is InChI=1S/C6H11FN2O/c7-10-9-6-3-1-5(8)2-4-6/h5H,1-4,8H2. The first-order chi connectivity index (χ1) is 4.83. The van der Waals surface area contributed by atoms with Crippen LogP contribution in [0.2, 0.25) is 0 Å². The zero-order valence-corrected chi connectivity index (χ0v) is 5.72. The van der Waals surface area contributed by atoms with Crippen LogP contribution in [0.4, 0.5) is 4.53 Å². The molecule has 1 aliphatic carbocycles. The van der Waals surface area contributed by atoms with E-state index in [1.54, 1.807) is 0 Å². The van der Waals surface area contributed by atoms with Gasteiger partial charge in [0.25, 0.3) is 0 Å². The van der Waals surface area contributed by atoms with Crippen molar-refractivity contribution in [2.24, 2.45) is 10.9 Å². The van der Waals surface area contributed by atoms with Crippen LogP contribution >= 0.6 is 0 Å². The fourth-order valence-corrected chi connectivity index (χ4v) is 1.11. The predicted octanol–water partition coefficient (Wildman–Crippen LogP) is 1.14. The summed E-state index contributed by atoms with van der Waals surface area (Å²) < 4.78 is 11.2. The molecule has 0 aromatic rings. The van der Waals surface area contributed by atoms with Gasteiger partial charge in [-0.25, -0.2) is 0 Å². The zero-order chi connectivity index (χ0) is 7.40. The highest BCUT2D eigenvalue weighted by Crippen LogP contribution is 2.14. The Kier molecular flexibility index (Phi) is 2.62. The SMILES string of the molecule is NC1CCC(=NOF)CC1. The van der Waals surface area contributed by atoms with Crippen LogP contribution in [0.25, 0.3) is 0 Å². The molecule has 4 heteroatoms.